The van der Waals surface area contributed by atoms with Gasteiger partial charge in [-0.1, -0.05) is 0 Å². The molecule has 7 nitrogen and oxygen atoms in total. The maximum absolute atomic E-state index is 14.0. The molecule has 0 bridgehead atoms. The third-order valence-corrected chi connectivity index (χ3v) is 6.77. The first-order valence-electron chi connectivity index (χ1n) is 9.78. The molecule has 2 N–H and O–H groups in total. The lowest BCUT2D eigenvalue weighted by Gasteiger charge is -2.36. The molecular weight excluding hydrogens is 407 g/mol. The monoisotopic (exact) mass is 434 g/mol. The van der Waals surface area contributed by atoms with Crippen LogP contribution in [0.5, 0.6) is 0 Å². The molecule has 0 spiro atoms. The van der Waals surface area contributed by atoms with Crippen LogP contribution < -0.4 is 14.9 Å². The molecule has 0 saturated carbocycles. The predicted octanol–water partition coefficient (Wildman–Crippen LogP) is 1.98. The van der Waals surface area contributed by atoms with Crippen LogP contribution in [0.1, 0.15) is 28.9 Å². The zero-order valence-electron chi connectivity index (χ0n) is 17.4. The van der Waals surface area contributed by atoms with E-state index in [0.29, 0.717) is 11.1 Å². The second-order valence-electron chi connectivity index (χ2n) is 7.42. The lowest BCUT2D eigenvalue weighted by molar-refractivity contribution is 0.0939. The standard InChI is InChI=1S/C21H27FN4O3S/c1-15(24-21(27)16-4-7-18(8-5-16)30(28,29)23-2)19-14-17(22)6-9-20(19)26-12-10-25(3)11-13-26/h4-9,14-15,23H,10-13H2,1-3H3,(H,24,27). The quantitative estimate of drug-likeness (QED) is 0.727. The molecule has 1 fully saturated rings. The van der Waals surface area contributed by atoms with Crippen LogP contribution in [0, 0.1) is 5.82 Å². The number of hydrogen-bond acceptors (Lipinski definition) is 5. The largest absolute Gasteiger partial charge is 0.369 e. The number of anilines is 1. The van der Waals surface area contributed by atoms with E-state index < -0.39 is 16.1 Å². The molecule has 1 heterocycles. The summed E-state index contributed by atoms with van der Waals surface area (Å²) < 4.78 is 39.9. The molecule has 30 heavy (non-hydrogen) atoms. The fraction of sp³-hybridized carbons (Fsp3) is 0.381. The van der Waals surface area contributed by atoms with E-state index in [4.69, 9.17) is 0 Å². The molecule has 1 aliphatic heterocycles. The molecule has 1 saturated heterocycles. The van der Waals surface area contributed by atoms with E-state index >= 15 is 0 Å². The van der Waals surface area contributed by atoms with E-state index in [0.717, 1.165) is 31.9 Å². The second-order valence-corrected chi connectivity index (χ2v) is 9.31. The summed E-state index contributed by atoms with van der Waals surface area (Å²) in [5.74, 6) is -0.713. The van der Waals surface area contributed by atoms with Gasteiger partial charge in [-0.25, -0.2) is 17.5 Å². The number of nitrogens with zero attached hydrogens (tertiary/aromatic N) is 2. The number of carbonyl (C=O) groups excluding carboxylic acids is 1. The smallest absolute Gasteiger partial charge is 0.251 e. The number of hydrogen-bond donors (Lipinski definition) is 2. The van der Waals surface area contributed by atoms with E-state index in [9.17, 15) is 17.6 Å². The lowest BCUT2D eigenvalue weighted by atomic mass is 10.0. The third kappa shape index (κ3) is 4.97. The minimum absolute atomic E-state index is 0.0806. The SMILES string of the molecule is CNS(=O)(=O)c1ccc(C(=O)NC(C)c2cc(F)ccc2N2CCN(C)CC2)cc1. The summed E-state index contributed by atoms with van der Waals surface area (Å²) in [5, 5.41) is 2.89. The molecular formula is C21H27FN4O3S. The van der Waals surface area contributed by atoms with Crippen molar-refractivity contribution in [3.8, 4) is 0 Å². The molecule has 1 amide bonds. The predicted molar refractivity (Wildman–Crippen MR) is 115 cm³/mol. The average molecular weight is 435 g/mol. The van der Waals surface area contributed by atoms with Gasteiger partial charge in [-0.3, -0.25) is 4.79 Å². The van der Waals surface area contributed by atoms with Gasteiger partial charge in [0.15, 0.2) is 0 Å². The number of halogens is 1. The molecule has 162 valence electrons. The molecule has 0 aliphatic carbocycles. The molecule has 9 heteroatoms. The third-order valence-electron chi connectivity index (χ3n) is 5.34. The Balaban J connectivity index is 1.78. The zero-order valence-corrected chi connectivity index (χ0v) is 18.2. The summed E-state index contributed by atoms with van der Waals surface area (Å²) in [6, 6.07) is 9.90. The lowest BCUT2D eigenvalue weighted by Crippen LogP contribution is -2.45. The van der Waals surface area contributed by atoms with Gasteiger partial charge in [0.25, 0.3) is 5.91 Å². The molecule has 0 aromatic heterocycles. The maximum Gasteiger partial charge on any atom is 0.251 e. The Morgan fingerprint density at radius 1 is 1.07 bits per heavy atom. The Hall–Kier alpha value is -2.49. The van der Waals surface area contributed by atoms with Crippen LogP contribution >= 0.6 is 0 Å². The fourth-order valence-corrected chi connectivity index (χ4v) is 4.20. The number of piperazine rings is 1. The Bertz CT molecular complexity index is 1000. The highest BCUT2D eigenvalue weighted by molar-refractivity contribution is 7.89. The van der Waals surface area contributed by atoms with Crippen LogP contribution in [-0.4, -0.2) is 59.5 Å². The van der Waals surface area contributed by atoms with Crippen LogP contribution in [0.25, 0.3) is 0 Å². The summed E-state index contributed by atoms with van der Waals surface area (Å²) in [6.07, 6.45) is 0. The summed E-state index contributed by atoms with van der Waals surface area (Å²) >= 11 is 0. The van der Waals surface area contributed by atoms with Crippen molar-refractivity contribution < 1.29 is 17.6 Å². The number of sulfonamides is 1. The molecule has 0 radical (unpaired) electrons. The van der Waals surface area contributed by atoms with Crippen LogP contribution in [-0.2, 0) is 10.0 Å². The highest BCUT2D eigenvalue weighted by Gasteiger charge is 2.22. The minimum atomic E-state index is -3.57. The maximum atomic E-state index is 14.0. The topological polar surface area (TPSA) is 81.7 Å². The van der Waals surface area contributed by atoms with E-state index in [-0.39, 0.29) is 16.6 Å². The van der Waals surface area contributed by atoms with E-state index in [1.54, 1.807) is 6.07 Å². The molecule has 2 aromatic carbocycles. The van der Waals surface area contributed by atoms with Crippen molar-refractivity contribution in [3.05, 3.63) is 59.4 Å². The summed E-state index contributed by atoms with van der Waals surface area (Å²) in [7, 11) is -0.170. The Morgan fingerprint density at radius 2 is 1.70 bits per heavy atom. The second kappa shape index (κ2) is 9.11. The van der Waals surface area contributed by atoms with Crippen molar-refractivity contribution in [3.63, 3.8) is 0 Å². The summed E-state index contributed by atoms with van der Waals surface area (Å²) in [4.78, 5) is 17.2. The van der Waals surface area contributed by atoms with Crippen molar-refractivity contribution in [2.45, 2.75) is 17.9 Å². The highest BCUT2D eigenvalue weighted by atomic mass is 32.2. The number of carbonyl (C=O) groups is 1. The zero-order chi connectivity index (χ0) is 21.9. The Kier molecular flexibility index (Phi) is 6.74. The fourth-order valence-electron chi connectivity index (χ4n) is 3.47. The van der Waals surface area contributed by atoms with Gasteiger partial charge < -0.3 is 15.1 Å². The molecule has 1 atom stereocenters. The van der Waals surface area contributed by atoms with Crippen LogP contribution in [0.2, 0.25) is 0 Å². The van der Waals surface area contributed by atoms with Crippen molar-refractivity contribution in [2.24, 2.45) is 0 Å². The van der Waals surface area contributed by atoms with Gasteiger partial charge in [0.05, 0.1) is 10.9 Å². The number of rotatable bonds is 6. The van der Waals surface area contributed by atoms with Crippen LogP contribution in [0.3, 0.4) is 0 Å². The van der Waals surface area contributed by atoms with Gasteiger partial charge in [-0.05, 0) is 63.5 Å². The van der Waals surface area contributed by atoms with Crippen molar-refractivity contribution >= 4 is 21.6 Å². The normalized spacial score (nSPS) is 16.3. The first-order valence-corrected chi connectivity index (χ1v) is 11.3. The number of amides is 1. The van der Waals surface area contributed by atoms with Gasteiger partial charge in [0.1, 0.15) is 5.82 Å². The number of nitrogens with one attached hydrogen (secondary N) is 2. The van der Waals surface area contributed by atoms with Gasteiger partial charge in [-0.15, -0.1) is 0 Å². The van der Waals surface area contributed by atoms with Gasteiger partial charge in [0.2, 0.25) is 10.0 Å². The van der Waals surface area contributed by atoms with Gasteiger partial charge in [0, 0.05) is 43.0 Å². The summed E-state index contributed by atoms with van der Waals surface area (Å²) in [5.41, 5.74) is 1.95. The van der Waals surface area contributed by atoms with E-state index in [2.05, 4.69) is 26.9 Å². The summed E-state index contributed by atoms with van der Waals surface area (Å²) in [6.45, 7) is 5.30. The van der Waals surface area contributed by atoms with Crippen molar-refractivity contribution in [2.75, 3.05) is 45.2 Å². The minimum Gasteiger partial charge on any atom is -0.369 e. The number of likely N-dealkylation sites (N-methyl/N-ethyl adjacent to an activating group) is 1. The van der Waals surface area contributed by atoms with Crippen LogP contribution in [0.15, 0.2) is 47.4 Å². The molecule has 1 aliphatic rings. The van der Waals surface area contributed by atoms with E-state index in [1.807, 2.05) is 6.92 Å². The molecule has 3 rings (SSSR count). The first-order chi connectivity index (χ1) is 14.2. The molecule has 2 aromatic rings. The average Bonchev–Trinajstić information content (AvgIpc) is 2.74. The highest BCUT2D eigenvalue weighted by Crippen LogP contribution is 2.28. The number of benzene rings is 2. The van der Waals surface area contributed by atoms with Crippen molar-refractivity contribution in [1.29, 1.82) is 0 Å². The van der Waals surface area contributed by atoms with Crippen LogP contribution in [0.4, 0.5) is 10.1 Å². The van der Waals surface area contributed by atoms with Gasteiger partial charge in [-0.2, -0.15) is 0 Å². The molecule has 1 unspecified atom stereocenters. The first kappa shape index (κ1) is 22.2. The Labute approximate surface area is 176 Å². The van der Waals surface area contributed by atoms with Gasteiger partial charge >= 0.3 is 0 Å². The van der Waals surface area contributed by atoms with E-state index in [1.165, 1.54) is 43.4 Å². The Morgan fingerprint density at radius 3 is 2.30 bits per heavy atom. The van der Waals surface area contributed by atoms with Crippen molar-refractivity contribution in [1.82, 2.24) is 14.9 Å².